The van der Waals surface area contributed by atoms with E-state index in [2.05, 4.69) is 53.7 Å². The molecule has 0 radical (unpaired) electrons. The Bertz CT molecular complexity index is 1020. The zero-order valence-electron chi connectivity index (χ0n) is 19.4. The Hall–Kier alpha value is -2.23. The van der Waals surface area contributed by atoms with Gasteiger partial charge in [0.05, 0.1) is 15.7 Å². The first-order chi connectivity index (χ1) is 14.7. The second-order valence-electron chi connectivity index (χ2n) is 9.11. The van der Waals surface area contributed by atoms with Crippen molar-refractivity contribution in [2.75, 3.05) is 0 Å². The Kier molecular flexibility index (Phi) is 7.51. The summed E-state index contributed by atoms with van der Waals surface area (Å²) in [6.07, 6.45) is -0.818. The molecular formula is C28H34O2S. The molecule has 0 aliphatic heterocycles. The van der Waals surface area contributed by atoms with E-state index in [1.54, 1.807) is 0 Å². The fourth-order valence-corrected chi connectivity index (χ4v) is 5.74. The van der Waals surface area contributed by atoms with E-state index < -0.39 is 16.9 Å². The molecule has 2 atom stereocenters. The van der Waals surface area contributed by atoms with Gasteiger partial charge in [-0.25, -0.2) is 4.21 Å². The van der Waals surface area contributed by atoms with E-state index >= 15 is 0 Å². The monoisotopic (exact) mass is 434 g/mol. The Morgan fingerprint density at radius 2 is 1.16 bits per heavy atom. The van der Waals surface area contributed by atoms with Crippen LogP contribution in [0.4, 0.5) is 0 Å². The van der Waals surface area contributed by atoms with Crippen LogP contribution in [-0.2, 0) is 10.8 Å². The van der Waals surface area contributed by atoms with Gasteiger partial charge in [0.25, 0.3) is 0 Å². The summed E-state index contributed by atoms with van der Waals surface area (Å²) in [6.45, 7) is 13.0. The molecule has 0 aliphatic rings. The molecule has 3 aromatic carbocycles. The summed E-state index contributed by atoms with van der Waals surface area (Å²) in [6, 6.07) is 21.6. The summed E-state index contributed by atoms with van der Waals surface area (Å²) >= 11 is 0. The van der Waals surface area contributed by atoms with Gasteiger partial charge in [-0.3, -0.25) is 0 Å². The predicted octanol–water partition coefficient (Wildman–Crippen LogP) is 7.31. The van der Waals surface area contributed by atoms with Crippen molar-refractivity contribution in [2.24, 2.45) is 0 Å². The molecule has 0 fully saturated rings. The standard InChI is InChI=1S/C28H34O2S/c1-18(2)22-16-24(19(3)4)28(25(17-22)20(5)6)31(30)26-15-11-10-14-23(26)27(29)21-12-8-7-9-13-21/h7-20,27,29H,1-6H3/t27-,31?/m1/s1. The van der Waals surface area contributed by atoms with E-state index in [0.29, 0.717) is 16.4 Å². The van der Waals surface area contributed by atoms with E-state index in [4.69, 9.17) is 0 Å². The van der Waals surface area contributed by atoms with Crippen molar-refractivity contribution in [3.8, 4) is 0 Å². The number of rotatable bonds is 7. The van der Waals surface area contributed by atoms with Crippen LogP contribution in [0.5, 0.6) is 0 Å². The Balaban J connectivity index is 2.21. The quantitative estimate of drug-likeness (QED) is 0.423. The fraction of sp³-hybridized carbons (Fsp3) is 0.357. The third-order valence-corrected chi connectivity index (χ3v) is 7.41. The lowest BCUT2D eigenvalue weighted by Crippen LogP contribution is -2.11. The summed E-state index contributed by atoms with van der Waals surface area (Å²) < 4.78 is 14.1. The molecule has 3 aromatic rings. The van der Waals surface area contributed by atoms with Gasteiger partial charge in [-0.05, 0) is 46.1 Å². The smallest absolute Gasteiger partial charge is 0.105 e. The minimum atomic E-state index is -1.40. The average molecular weight is 435 g/mol. The van der Waals surface area contributed by atoms with Gasteiger partial charge in [-0.15, -0.1) is 0 Å². The second-order valence-corrected chi connectivity index (χ2v) is 10.5. The van der Waals surface area contributed by atoms with Crippen molar-refractivity contribution in [3.05, 3.63) is 94.5 Å². The van der Waals surface area contributed by atoms with Crippen molar-refractivity contribution in [3.63, 3.8) is 0 Å². The van der Waals surface area contributed by atoms with Gasteiger partial charge in [0, 0.05) is 10.5 Å². The van der Waals surface area contributed by atoms with Crippen LogP contribution < -0.4 is 0 Å². The summed E-state index contributed by atoms with van der Waals surface area (Å²) in [5.41, 5.74) is 5.06. The molecular weight excluding hydrogens is 400 g/mol. The highest BCUT2D eigenvalue weighted by molar-refractivity contribution is 7.85. The number of aliphatic hydroxyl groups excluding tert-OH is 1. The maximum absolute atomic E-state index is 14.1. The zero-order chi connectivity index (χ0) is 22.7. The van der Waals surface area contributed by atoms with Crippen LogP contribution in [0.25, 0.3) is 0 Å². The van der Waals surface area contributed by atoms with E-state index in [9.17, 15) is 9.32 Å². The molecule has 3 rings (SSSR count). The fourth-order valence-electron chi connectivity index (χ4n) is 3.90. The molecule has 0 saturated heterocycles. The highest BCUT2D eigenvalue weighted by atomic mass is 32.2. The molecule has 1 unspecified atom stereocenters. The van der Waals surface area contributed by atoms with Gasteiger partial charge in [-0.2, -0.15) is 0 Å². The van der Waals surface area contributed by atoms with Crippen LogP contribution in [-0.4, -0.2) is 9.32 Å². The normalized spacial score (nSPS) is 13.7. The van der Waals surface area contributed by atoms with Crippen molar-refractivity contribution < 1.29 is 9.32 Å². The molecule has 31 heavy (non-hydrogen) atoms. The molecule has 0 heterocycles. The highest BCUT2D eigenvalue weighted by Gasteiger charge is 2.25. The summed E-state index contributed by atoms with van der Waals surface area (Å²) in [7, 11) is -1.40. The van der Waals surface area contributed by atoms with Gasteiger partial charge in [0.15, 0.2) is 0 Å². The number of hydrogen-bond donors (Lipinski definition) is 1. The molecule has 164 valence electrons. The first kappa shape index (κ1) is 23.4. The van der Waals surface area contributed by atoms with Gasteiger partial charge >= 0.3 is 0 Å². The highest BCUT2D eigenvalue weighted by Crippen LogP contribution is 2.38. The van der Waals surface area contributed by atoms with Gasteiger partial charge in [0.1, 0.15) is 6.10 Å². The van der Waals surface area contributed by atoms with Crippen LogP contribution in [0.1, 0.15) is 93.2 Å². The van der Waals surface area contributed by atoms with Gasteiger partial charge < -0.3 is 5.11 Å². The lowest BCUT2D eigenvalue weighted by atomic mass is 9.89. The lowest BCUT2D eigenvalue weighted by Gasteiger charge is -2.24. The van der Waals surface area contributed by atoms with Crippen LogP contribution in [0.3, 0.4) is 0 Å². The van der Waals surface area contributed by atoms with E-state index in [0.717, 1.165) is 21.6 Å². The molecule has 3 heteroatoms. The maximum atomic E-state index is 14.1. The van der Waals surface area contributed by atoms with E-state index in [1.807, 2.05) is 54.6 Å². The number of hydrogen-bond acceptors (Lipinski definition) is 2. The first-order valence-corrected chi connectivity index (χ1v) is 12.3. The number of benzene rings is 3. The SMILES string of the molecule is CC(C)c1cc(C(C)C)c(S(=O)c2ccccc2[C@H](O)c2ccccc2)c(C(C)C)c1. The zero-order valence-corrected chi connectivity index (χ0v) is 20.2. The summed E-state index contributed by atoms with van der Waals surface area (Å²) in [5.74, 6) is 0.910. The molecule has 0 spiro atoms. The Morgan fingerprint density at radius 3 is 1.68 bits per heavy atom. The van der Waals surface area contributed by atoms with E-state index in [1.165, 1.54) is 5.56 Å². The van der Waals surface area contributed by atoms with E-state index in [-0.39, 0.29) is 11.8 Å². The van der Waals surface area contributed by atoms with Crippen molar-refractivity contribution in [1.29, 1.82) is 0 Å². The second kappa shape index (κ2) is 9.93. The minimum Gasteiger partial charge on any atom is -0.384 e. The summed E-state index contributed by atoms with van der Waals surface area (Å²) in [5, 5.41) is 11.1. The molecule has 0 aliphatic carbocycles. The van der Waals surface area contributed by atoms with Crippen molar-refractivity contribution in [1.82, 2.24) is 0 Å². The predicted molar refractivity (Wildman–Crippen MR) is 130 cm³/mol. The largest absolute Gasteiger partial charge is 0.384 e. The third kappa shape index (κ3) is 4.99. The first-order valence-electron chi connectivity index (χ1n) is 11.1. The summed E-state index contributed by atoms with van der Waals surface area (Å²) in [4.78, 5) is 1.59. The Labute approximate surface area is 189 Å². The van der Waals surface area contributed by atoms with Gasteiger partial charge in [-0.1, -0.05) is 102 Å². The van der Waals surface area contributed by atoms with Crippen LogP contribution >= 0.6 is 0 Å². The molecule has 2 nitrogen and oxygen atoms in total. The molecule has 0 amide bonds. The van der Waals surface area contributed by atoms with Crippen LogP contribution in [0.2, 0.25) is 0 Å². The molecule has 0 bridgehead atoms. The van der Waals surface area contributed by atoms with Crippen LogP contribution in [0, 0.1) is 0 Å². The maximum Gasteiger partial charge on any atom is 0.105 e. The van der Waals surface area contributed by atoms with Crippen molar-refractivity contribution >= 4 is 10.8 Å². The topological polar surface area (TPSA) is 37.3 Å². The number of aliphatic hydroxyl groups is 1. The Morgan fingerprint density at radius 1 is 0.645 bits per heavy atom. The molecule has 1 N–H and O–H groups in total. The minimum absolute atomic E-state index is 0.251. The lowest BCUT2D eigenvalue weighted by molar-refractivity contribution is 0.217. The molecule has 0 aromatic heterocycles. The van der Waals surface area contributed by atoms with Gasteiger partial charge in [0.2, 0.25) is 0 Å². The third-order valence-electron chi connectivity index (χ3n) is 5.79. The van der Waals surface area contributed by atoms with Crippen LogP contribution in [0.15, 0.2) is 76.5 Å². The van der Waals surface area contributed by atoms with Crippen molar-refractivity contribution in [2.45, 2.75) is 75.2 Å². The molecule has 0 saturated carbocycles. The average Bonchev–Trinajstić information content (AvgIpc) is 2.77.